The van der Waals surface area contributed by atoms with Gasteiger partial charge in [-0.3, -0.25) is 9.69 Å². The molecular formula is C12H17N3O3S. The van der Waals surface area contributed by atoms with E-state index in [1.54, 1.807) is 11.9 Å². The minimum Gasteiger partial charge on any atom is -0.381 e. The third-order valence-electron chi connectivity index (χ3n) is 3.61. The van der Waals surface area contributed by atoms with E-state index in [1.165, 1.54) is 11.3 Å². The fourth-order valence-corrected chi connectivity index (χ4v) is 3.28. The lowest BCUT2D eigenvalue weighted by atomic mass is 10.1. The monoisotopic (exact) mass is 283 g/mol. The standard InChI is InChI=1S/C12H17N3O3S/c1-15(11(16)9-3-5-18-7-9)12-14-13-10(19-12)8-2-4-17-6-8/h8-9H,2-7H2,1H3/t8-,9+/m0/s1. The molecule has 1 aromatic heterocycles. The predicted octanol–water partition coefficient (Wildman–Crippen LogP) is 1.04. The van der Waals surface area contributed by atoms with Crippen LogP contribution in [0.2, 0.25) is 0 Å². The van der Waals surface area contributed by atoms with E-state index in [2.05, 4.69) is 10.2 Å². The largest absolute Gasteiger partial charge is 0.381 e. The first-order valence-electron chi connectivity index (χ1n) is 6.52. The van der Waals surface area contributed by atoms with Gasteiger partial charge in [0.05, 0.1) is 19.1 Å². The lowest BCUT2D eigenvalue weighted by molar-refractivity contribution is -0.122. The van der Waals surface area contributed by atoms with E-state index in [0.717, 1.165) is 24.5 Å². The number of hydrogen-bond donors (Lipinski definition) is 0. The molecule has 2 atom stereocenters. The van der Waals surface area contributed by atoms with E-state index in [4.69, 9.17) is 9.47 Å². The molecule has 0 unspecified atom stereocenters. The Morgan fingerprint density at radius 3 is 2.74 bits per heavy atom. The average Bonchev–Trinajstić information content (AvgIpc) is 3.16. The van der Waals surface area contributed by atoms with Crippen LogP contribution in [0, 0.1) is 5.92 Å². The van der Waals surface area contributed by atoms with Crippen LogP contribution in [0.15, 0.2) is 0 Å². The summed E-state index contributed by atoms with van der Waals surface area (Å²) in [6, 6.07) is 0. The van der Waals surface area contributed by atoms with Crippen LogP contribution in [0.25, 0.3) is 0 Å². The molecule has 1 aromatic rings. The van der Waals surface area contributed by atoms with Crippen molar-refractivity contribution in [3.8, 4) is 0 Å². The van der Waals surface area contributed by atoms with Crippen LogP contribution in [0.1, 0.15) is 23.8 Å². The number of rotatable bonds is 3. The third-order valence-corrected chi connectivity index (χ3v) is 4.77. The number of nitrogens with zero attached hydrogens (tertiary/aromatic N) is 3. The van der Waals surface area contributed by atoms with Gasteiger partial charge in [0.15, 0.2) is 0 Å². The molecule has 0 aromatic carbocycles. The molecule has 2 saturated heterocycles. The van der Waals surface area contributed by atoms with Gasteiger partial charge in [0.25, 0.3) is 0 Å². The summed E-state index contributed by atoms with van der Waals surface area (Å²) in [5.74, 6) is 0.375. The zero-order chi connectivity index (χ0) is 13.2. The fourth-order valence-electron chi connectivity index (χ4n) is 2.35. The van der Waals surface area contributed by atoms with E-state index < -0.39 is 0 Å². The summed E-state index contributed by atoms with van der Waals surface area (Å²) in [5.41, 5.74) is 0. The topological polar surface area (TPSA) is 64.6 Å². The molecule has 7 heteroatoms. The molecule has 1 amide bonds. The molecule has 0 spiro atoms. The first-order chi connectivity index (χ1) is 9.25. The maximum absolute atomic E-state index is 12.2. The second kappa shape index (κ2) is 5.52. The van der Waals surface area contributed by atoms with Crippen LogP contribution in [0.4, 0.5) is 5.13 Å². The van der Waals surface area contributed by atoms with E-state index in [9.17, 15) is 4.79 Å². The molecule has 3 rings (SSSR count). The first kappa shape index (κ1) is 13.0. The van der Waals surface area contributed by atoms with Gasteiger partial charge in [0, 0.05) is 26.2 Å². The first-order valence-corrected chi connectivity index (χ1v) is 7.34. The van der Waals surface area contributed by atoms with Gasteiger partial charge in [0.1, 0.15) is 5.01 Å². The van der Waals surface area contributed by atoms with Gasteiger partial charge < -0.3 is 9.47 Å². The molecule has 19 heavy (non-hydrogen) atoms. The van der Waals surface area contributed by atoms with E-state index in [-0.39, 0.29) is 11.8 Å². The molecule has 104 valence electrons. The van der Waals surface area contributed by atoms with Gasteiger partial charge in [-0.15, -0.1) is 10.2 Å². The predicted molar refractivity (Wildman–Crippen MR) is 70.4 cm³/mol. The van der Waals surface area contributed by atoms with Crippen molar-refractivity contribution in [1.82, 2.24) is 10.2 Å². The number of carbonyl (C=O) groups is 1. The minimum atomic E-state index is -0.0350. The van der Waals surface area contributed by atoms with Gasteiger partial charge in [-0.05, 0) is 12.8 Å². The zero-order valence-electron chi connectivity index (χ0n) is 10.9. The highest BCUT2D eigenvalue weighted by Gasteiger charge is 2.29. The Labute approximate surface area is 115 Å². The van der Waals surface area contributed by atoms with E-state index >= 15 is 0 Å². The van der Waals surface area contributed by atoms with E-state index in [0.29, 0.717) is 30.9 Å². The normalized spacial score (nSPS) is 26.8. The number of ether oxygens (including phenoxy) is 2. The van der Waals surface area contributed by atoms with Gasteiger partial charge in [0.2, 0.25) is 11.0 Å². The van der Waals surface area contributed by atoms with Crippen molar-refractivity contribution in [2.75, 3.05) is 38.4 Å². The molecule has 0 N–H and O–H groups in total. The lowest BCUT2D eigenvalue weighted by Gasteiger charge is -2.16. The Balaban J connectivity index is 1.69. The van der Waals surface area contributed by atoms with Crippen LogP contribution in [-0.4, -0.2) is 49.6 Å². The van der Waals surface area contributed by atoms with Crippen molar-refractivity contribution in [2.45, 2.75) is 18.8 Å². The average molecular weight is 283 g/mol. The Hall–Kier alpha value is -1.05. The summed E-state index contributed by atoms with van der Waals surface area (Å²) in [5, 5.41) is 9.96. The molecule has 0 bridgehead atoms. The van der Waals surface area contributed by atoms with Crippen molar-refractivity contribution < 1.29 is 14.3 Å². The Kier molecular flexibility index (Phi) is 3.76. The summed E-state index contributed by atoms with van der Waals surface area (Å²) in [6.45, 7) is 2.69. The summed E-state index contributed by atoms with van der Waals surface area (Å²) < 4.78 is 10.6. The van der Waals surface area contributed by atoms with Crippen molar-refractivity contribution >= 4 is 22.4 Å². The highest BCUT2D eigenvalue weighted by molar-refractivity contribution is 7.15. The van der Waals surface area contributed by atoms with Crippen LogP contribution in [0.3, 0.4) is 0 Å². The SMILES string of the molecule is CN(C(=O)[C@@H]1CCOC1)c1nnc([C@H]2CCOC2)s1. The number of amides is 1. The van der Waals surface area contributed by atoms with Crippen LogP contribution in [0.5, 0.6) is 0 Å². The van der Waals surface area contributed by atoms with Crippen molar-refractivity contribution in [3.05, 3.63) is 5.01 Å². The molecular weight excluding hydrogens is 266 g/mol. The number of carbonyl (C=O) groups excluding carboxylic acids is 1. The number of anilines is 1. The molecule has 3 heterocycles. The Bertz CT molecular complexity index is 453. The van der Waals surface area contributed by atoms with E-state index in [1.807, 2.05) is 0 Å². The molecule has 0 saturated carbocycles. The van der Waals surface area contributed by atoms with Crippen LogP contribution in [-0.2, 0) is 14.3 Å². The van der Waals surface area contributed by atoms with Crippen molar-refractivity contribution in [1.29, 1.82) is 0 Å². The quantitative estimate of drug-likeness (QED) is 0.829. The molecule has 2 aliphatic heterocycles. The fraction of sp³-hybridized carbons (Fsp3) is 0.750. The summed E-state index contributed by atoms with van der Waals surface area (Å²) in [4.78, 5) is 13.8. The highest BCUT2D eigenvalue weighted by Crippen LogP contribution is 2.31. The number of hydrogen-bond acceptors (Lipinski definition) is 6. The van der Waals surface area contributed by atoms with Gasteiger partial charge in [-0.2, -0.15) is 0 Å². The number of aromatic nitrogens is 2. The Morgan fingerprint density at radius 2 is 2.05 bits per heavy atom. The van der Waals surface area contributed by atoms with Gasteiger partial charge in [-0.1, -0.05) is 11.3 Å². The lowest BCUT2D eigenvalue weighted by Crippen LogP contribution is -2.33. The van der Waals surface area contributed by atoms with Gasteiger partial charge >= 0.3 is 0 Å². The summed E-state index contributed by atoms with van der Waals surface area (Å²) in [6.07, 6.45) is 1.79. The third kappa shape index (κ3) is 2.63. The van der Waals surface area contributed by atoms with Crippen molar-refractivity contribution in [3.63, 3.8) is 0 Å². The second-order valence-electron chi connectivity index (χ2n) is 4.94. The summed E-state index contributed by atoms with van der Waals surface area (Å²) >= 11 is 1.49. The summed E-state index contributed by atoms with van der Waals surface area (Å²) in [7, 11) is 1.76. The van der Waals surface area contributed by atoms with Crippen LogP contribution >= 0.6 is 11.3 Å². The molecule has 2 aliphatic rings. The van der Waals surface area contributed by atoms with Crippen LogP contribution < -0.4 is 4.90 Å². The molecule has 0 radical (unpaired) electrons. The Morgan fingerprint density at radius 1 is 1.26 bits per heavy atom. The van der Waals surface area contributed by atoms with Crippen molar-refractivity contribution in [2.24, 2.45) is 5.92 Å². The highest BCUT2D eigenvalue weighted by atomic mass is 32.1. The molecule has 0 aliphatic carbocycles. The minimum absolute atomic E-state index is 0.0350. The smallest absolute Gasteiger partial charge is 0.234 e. The molecule has 6 nitrogen and oxygen atoms in total. The maximum atomic E-state index is 12.2. The van der Waals surface area contributed by atoms with Gasteiger partial charge in [-0.25, -0.2) is 0 Å². The zero-order valence-corrected chi connectivity index (χ0v) is 11.7. The maximum Gasteiger partial charge on any atom is 0.234 e. The second-order valence-corrected chi connectivity index (χ2v) is 5.93. The molecule has 2 fully saturated rings.